The highest BCUT2D eigenvalue weighted by Crippen LogP contribution is 2.54. The Bertz CT molecular complexity index is 1140. The summed E-state index contributed by atoms with van der Waals surface area (Å²) in [7, 11) is 2.87. The minimum atomic E-state index is -1.58. The van der Waals surface area contributed by atoms with Gasteiger partial charge in [0.05, 0.1) is 40.1 Å². The molecule has 5 rings (SSSR count). The Morgan fingerprint density at radius 3 is 2.32 bits per heavy atom. The lowest BCUT2D eigenvalue weighted by Gasteiger charge is -2.39. The molecule has 208 valence electrons. The van der Waals surface area contributed by atoms with Crippen LogP contribution in [0, 0.1) is 5.92 Å². The molecule has 0 radical (unpaired) electrons. The predicted octanol–water partition coefficient (Wildman–Crippen LogP) is -0.222. The number of fused-ring (bicyclic) bond motifs is 1. The Morgan fingerprint density at radius 2 is 1.61 bits per heavy atom. The highest BCUT2D eigenvalue weighted by atomic mass is 16.7. The minimum absolute atomic E-state index is 0.0155. The summed E-state index contributed by atoms with van der Waals surface area (Å²) in [6.07, 6.45) is -8.36. The maximum atomic E-state index is 11.6. The van der Waals surface area contributed by atoms with E-state index in [9.17, 15) is 30.6 Å². The second-order valence-corrected chi connectivity index (χ2v) is 9.70. The van der Waals surface area contributed by atoms with Gasteiger partial charge in [0.1, 0.15) is 36.1 Å². The van der Waals surface area contributed by atoms with E-state index < -0.39 is 61.0 Å². The van der Waals surface area contributed by atoms with Gasteiger partial charge in [-0.1, -0.05) is 12.1 Å². The monoisotopic (exact) mass is 536 g/mol. The molecule has 0 amide bonds. The average Bonchev–Trinajstić information content (AvgIpc) is 3.43. The van der Waals surface area contributed by atoms with Crippen molar-refractivity contribution in [1.82, 2.24) is 0 Å². The first-order valence-corrected chi connectivity index (χ1v) is 12.2. The number of phenols is 1. The number of hydrogen-bond acceptors (Lipinski definition) is 12. The first-order valence-electron chi connectivity index (χ1n) is 12.2. The molecule has 0 aromatic heterocycles. The summed E-state index contributed by atoms with van der Waals surface area (Å²) in [4.78, 5) is 0. The average molecular weight is 537 g/mol. The molecule has 3 heterocycles. The number of aliphatic hydroxyl groups is 5. The number of benzene rings is 2. The third-order valence-corrected chi connectivity index (χ3v) is 7.51. The summed E-state index contributed by atoms with van der Waals surface area (Å²) in [5.41, 5.74) is 0.0111. The quantitative estimate of drug-likeness (QED) is 0.275. The van der Waals surface area contributed by atoms with Crippen molar-refractivity contribution in [3.05, 3.63) is 47.5 Å². The summed E-state index contributed by atoms with van der Waals surface area (Å²) < 4.78 is 33.9. The van der Waals surface area contributed by atoms with Crippen LogP contribution in [0.1, 0.15) is 23.3 Å². The Morgan fingerprint density at radius 1 is 0.895 bits per heavy atom. The second kappa shape index (κ2) is 10.5. The fourth-order valence-electron chi connectivity index (χ4n) is 5.37. The van der Waals surface area contributed by atoms with Gasteiger partial charge >= 0.3 is 0 Å². The van der Waals surface area contributed by atoms with E-state index in [2.05, 4.69) is 0 Å². The van der Waals surface area contributed by atoms with Crippen LogP contribution in [0.3, 0.4) is 0 Å². The van der Waals surface area contributed by atoms with E-state index in [1.807, 2.05) is 0 Å². The lowest BCUT2D eigenvalue weighted by Crippen LogP contribution is -2.60. The van der Waals surface area contributed by atoms with Gasteiger partial charge in [-0.3, -0.25) is 0 Å². The van der Waals surface area contributed by atoms with Crippen molar-refractivity contribution >= 4 is 0 Å². The summed E-state index contributed by atoms with van der Waals surface area (Å²) in [5.74, 6) is 0.307. The smallest absolute Gasteiger partial charge is 0.229 e. The lowest BCUT2D eigenvalue weighted by molar-refractivity contribution is -0.277. The molecule has 0 spiro atoms. The van der Waals surface area contributed by atoms with Crippen LogP contribution in [0.5, 0.6) is 23.0 Å². The molecule has 38 heavy (non-hydrogen) atoms. The zero-order chi connectivity index (χ0) is 27.2. The minimum Gasteiger partial charge on any atom is -0.504 e. The normalized spacial score (nSPS) is 36.6. The van der Waals surface area contributed by atoms with Gasteiger partial charge in [-0.2, -0.15) is 0 Å². The van der Waals surface area contributed by atoms with Crippen molar-refractivity contribution in [2.24, 2.45) is 5.92 Å². The molecule has 0 saturated carbocycles. The van der Waals surface area contributed by atoms with E-state index in [1.54, 1.807) is 30.3 Å². The summed E-state index contributed by atoms with van der Waals surface area (Å²) >= 11 is 0. The van der Waals surface area contributed by atoms with Gasteiger partial charge in [-0.15, -0.1) is 0 Å². The first kappa shape index (κ1) is 26.9. The SMILES string of the molecule is COc1cc([C@@H]2OC[C@H]3[C@H](c4ccc(O[C@H]5O[C@@H](CO)[C@H](O)[C@@H](O)[C@@H]5O)c(OC)c4)OC[C@@]23O)ccc1O. The van der Waals surface area contributed by atoms with Crippen molar-refractivity contribution < 1.29 is 59.1 Å². The third kappa shape index (κ3) is 4.46. The molecule has 3 fully saturated rings. The summed E-state index contributed by atoms with van der Waals surface area (Å²) in [6, 6.07) is 9.75. The Balaban J connectivity index is 1.35. The maximum Gasteiger partial charge on any atom is 0.229 e. The van der Waals surface area contributed by atoms with Gasteiger partial charge in [0, 0.05) is 5.92 Å². The Labute approximate surface area is 218 Å². The highest BCUT2D eigenvalue weighted by Gasteiger charge is 2.59. The fraction of sp³-hybridized carbons (Fsp3) is 0.538. The van der Waals surface area contributed by atoms with E-state index in [4.69, 9.17) is 28.4 Å². The van der Waals surface area contributed by atoms with Gasteiger partial charge in [-0.25, -0.2) is 0 Å². The number of methoxy groups -OCH3 is 2. The van der Waals surface area contributed by atoms with Crippen LogP contribution in [-0.4, -0.2) is 101 Å². The Hall–Kier alpha value is -2.68. The topological polar surface area (TPSA) is 177 Å². The molecular weight excluding hydrogens is 504 g/mol. The summed E-state index contributed by atoms with van der Waals surface area (Å²) in [6.45, 7) is -0.341. The van der Waals surface area contributed by atoms with Gasteiger partial charge < -0.3 is 59.1 Å². The van der Waals surface area contributed by atoms with Gasteiger partial charge in [0.15, 0.2) is 23.0 Å². The van der Waals surface area contributed by atoms with Crippen molar-refractivity contribution in [2.75, 3.05) is 34.0 Å². The molecule has 12 nitrogen and oxygen atoms in total. The van der Waals surface area contributed by atoms with Crippen LogP contribution in [0.4, 0.5) is 0 Å². The molecule has 0 bridgehead atoms. The van der Waals surface area contributed by atoms with E-state index in [1.165, 1.54) is 20.3 Å². The highest BCUT2D eigenvalue weighted by molar-refractivity contribution is 5.46. The summed E-state index contributed by atoms with van der Waals surface area (Å²) in [5, 5.41) is 61.3. The zero-order valence-corrected chi connectivity index (χ0v) is 20.8. The molecule has 2 aromatic carbocycles. The van der Waals surface area contributed by atoms with Gasteiger partial charge in [0.2, 0.25) is 6.29 Å². The van der Waals surface area contributed by atoms with E-state index >= 15 is 0 Å². The molecule has 2 aromatic rings. The van der Waals surface area contributed by atoms with Crippen molar-refractivity contribution in [3.63, 3.8) is 0 Å². The van der Waals surface area contributed by atoms with Crippen LogP contribution in [0.2, 0.25) is 0 Å². The number of hydrogen-bond donors (Lipinski definition) is 6. The van der Waals surface area contributed by atoms with E-state index in [0.29, 0.717) is 11.1 Å². The predicted molar refractivity (Wildman–Crippen MR) is 128 cm³/mol. The van der Waals surface area contributed by atoms with Crippen LogP contribution in [0.15, 0.2) is 36.4 Å². The van der Waals surface area contributed by atoms with Crippen molar-refractivity contribution in [1.29, 1.82) is 0 Å². The number of ether oxygens (including phenoxy) is 6. The molecular formula is C26H32O12. The second-order valence-electron chi connectivity index (χ2n) is 9.70. The molecule has 6 N–H and O–H groups in total. The largest absolute Gasteiger partial charge is 0.504 e. The number of phenolic OH excluding ortho intramolecular Hbond substituents is 1. The van der Waals surface area contributed by atoms with E-state index in [0.717, 1.165) is 0 Å². The number of aromatic hydroxyl groups is 1. The molecule has 9 atom stereocenters. The van der Waals surface area contributed by atoms with E-state index in [-0.39, 0.29) is 36.2 Å². The molecule has 12 heteroatoms. The molecule has 3 saturated heterocycles. The number of rotatable bonds is 7. The van der Waals surface area contributed by atoms with Crippen LogP contribution in [-0.2, 0) is 14.2 Å². The molecule has 0 unspecified atom stereocenters. The maximum absolute atomic E-state index is 11.6. The van der Waals surface area contributed by atoms with Crippen molar-refractivity contribution in [2.45, 2.75) is 48.5 Å². The van der Waals surface area contributed by atoms with Gasteiger partial charge in [-0.05, 0) is 35.4 Å². The Kier molecular flexibility index (Phi) is 7.42. The van der Waals surface area contributed by atoms with Crippen LogP contribution < -0.4 is 14.2 Å². The van der Waals surface area contributed by atoms with Crippen LogP contribution in [0.25, 0.3) is 0 Å². The molecule has 3 aliphatic rings. The standard InChI is InChI=1S/C26H32O12/c1-33-17-8-13(3-5-15(17)28)24-26(32)11-36-23(14(26)10-35-24)12-4-6-16(18(7-12)34-2)37-25-22(31)21(30)20(29)19(9-27)38-25/h3-8,14,19-25,27-32H,9-11H2,1-2H3/t14-,19-,20-,21+,22-,23-,24-,25-,26-/m0/s1. The lowest BCUT2D eigenvalue weighted by atomic mass is 9.81. The third-order valence-electron chi connectivity index (χ3n) is 7.51. The van der Waals surface area contributed by atoms with Gasteiger partial charge in [0.25, 0.3) is 0 Å². The van der Waals surface area contributed by atoms with Crippen LogP contribution >= 0.6 is 0 Å². The molecule has 3 aliphatic heterocycles. The zero-order valence-electron chi connectivity index (χ0n) is 20.8. The van der Waals surface area contributed by atoms with Crippen molar-refractivity contribution in [3.8, 4) is 23.0 Å². The fourth-order valence-corrected chi connectivity index (χ4v) is 5.37. The molecule has 0 aliphatic carbocycles. The number of aliphatic hydroxyl groups excluding tert-OH is 4. The first-order chi connectivity index (χ1) is 18.2.